The molecule has 13 heavy (non-hydrogen) atoms. The third-order valence-corrected chi connectivity index (χ3v) is 2.44. The highest BCUT2D eigenvalue weighted by Crippen LogP contribution is 2.19. The van der Waals surface area contributed by atoms with Crippen LogP contribution in [0.1, 0.15) is 32.6 Å². The van der Waals surface area contributed by atoms with E-state index in [1.165, 1.54) is 24.8 Å². The van der Waals surface area contributed by atoms with Gasteiger partial charge in [-0.3, -0.25) is 4.79 Å². The fourth-order valence-corrected chi connectivity index (χ4v) is 1.53. The molecule has 0 aromatic rings. The molecule has 0 fully saturated rings. The van der Waals surface area contributed by atoms with Crippen molar-refractivity contribution in [3.63, 3.8) is 0 Å². The lowest BCUT2D eigenvalue weighted by Crippen LogP contribution is -2.30. The van der Waals surface area contributed by atoms with Gasteiger partial charge in [-0.1, -0.05) is 11.6 Å². The smallest absolute Gasteiger partial charge is 0.237 e. The van der Waals surface area contributed by atoms with Gasteiger partial charge in [-0.05, 0) is 32.6 Å². The number of nitrogens with one attached hydrogen (secondary N) is 1. The van der Waals surface area contributed by atoms with E-state index in [4.69, 9.17) is 11.6 Å². The molecule has 2 nitrogen and oxygen atoms in total. The zero-order valence-electron chi connectivity index (χ0n) is 7.98. The van der Waals surface area contributed by atoms with Crippen LogP contribution in [0.3, 0.4) is 0 Å². The minimum absolute atomic E-state index is 0.0692. The second-order valence-corrected chi connectivity index (χ2v) is 4.07. The second-order valence-electron chi connectivity index (χ2n) is 3.41. The molecule has 1 amide bonds. The molecule has 0 saturated heterocycles. The summed E-state index contributed by atoms with van der Waals surface area (Å²) in [5, 5.41) is 2.38. The summed E-state index contributed by atoms with van der Waals surface area (Å²) in [7, 11) is 0. The van der Waals surface area contributed by atoms with Gasteiger partial charge in [0.25, 0.3) is 0 Å². The zero-order chi connectivity index (χ0) is 9.68. The van der Waals surface area contributed by atoms with Crippen LogP contribution in [0.25, 0.3) is 0 Å². The largest absolute Gasteiger partial charge is 0.355 e. The van der Waals surface area contributed by atoms with Crippen LogP contribution in [-0.2, 0) is 4.79 Å². The molecule has 0 heterocycles. The standard InChI is InChI=1S/C10H16ClNO/c1-8(11)10(13)12-7-6-9-4-2-3-5-9/h4,8H,2-3,5-7H2,1H3,(H,12,13). The highest BCUT2D eigenvalue weighted by molar-refractivity contribution is 6.30. The molecular weight excluding hydrogens is 186 g/mol. The third kappa shape index (κ3) is 3.81. The van der Waals surface area contributed by atoms with Gasteiger partial charge in [-0.2, -0.15) is 0 Å². The first kappa shape index (κ1) is 10.6. The Morgan fingerprint density at radius 1 is 1.77 bits per heavy atom. The van der Waals surface area contributed by atoms with Crippen LogP contribution in [0.5, 0.6) is 0 Å². The average Bonchev–Trinajstić information content (AvgIpc) is 2.56. The molecule has 1 rings (SSSR count). The highest BCUT2D eigenvalue weighted by Gasteiger charge is 2.08. The number of carbonyl (C=O) groups excluding carboxylic acids is 1. The molecule has 1 N–H and O–H groups in total. The Hall–Kier alpha value is -0.500. The van der Waals surface area contributed by atoms with Gasteiger partial charge in [0.05, 0.1) is 0 Å². The average molecular weight is 202 g/mol. The van der Waals surface area contributed by atoms with Crippen LogP contribution in [0.4, 0.5) is 0 Å². The van der Waals surface area contributed by atoms with E-state index in [1.54, 1.807) is 6.92 Å². The molecule has 1 aliphatic rings. The molecule has 0 aliphatic heterocycles. The number of carbonyl (C=O) groups is 1. The van der Waals surface area contributed by atoms with Crippen LogP contribution in [0.15, 0.2) is 11.6 Å². The summed E-state index contributed by atoms with van der Waals surface area (Å²) >= 11 is 5.60. The molecule has 0 spiro atoms. The van der Waals surface area contributed by atoms with E-state index >= 15 is 0 Å². The molecule has 1 unspecified atom stereocenters. The lowest BCUT2D eigenvalue weighted by molar-refractivity contribution is -0.120. The van der Waals surface area contributed by atoms with E-state index in [1.807, 2.05) is 0 Å². The molecule has 0 aromatic heterocycles. The first-order valence-electron chi connectivity index (χ1n) is 4.80. The van der Waals surface area contributed by atoms with Gasteiger partial charge in [-0.25, -0.2) is 0 Å². The van der Waals surface area contributed by atoms with Gasteiger partial charge in [0.1, 0.15) is 5.38 Å². The topological polar surface area (TPSA) is 29.1 Å². The molecule has 1 aliphatic carbocycles. The normalized spacial score (nSPS) is 18.2. The van der Waals surface area contributed by atoms with Crippen molar-refractivity contribution in [2.45, 2.75) is 38.0 Å². The van der Waals surface area contributed by atoms with Gasteiger partial charge in [0.15, 0.2) is 0 Å². The minimum Gasteiger partial charge on any atom is -0.355 e. The van der Waals surface area contributed by atoms with Crippen molar-refractivity contribution in [1.29, 1.82) is 0 Å². The van der Waals surface area contributed by atoms with Crippen molar-refractivity contribution in [2.24, 2.45) is 0 Å². The summed E-state index contributed by atoms with van der Waals surface area (Å²) in [5.41, 5.74) is 1.47. The van der Waals surface area contributed by atoms with Gasteiger partial charge in [0.2, 0.25) is 5.91 Å². The van der Waals surface area contributed by atoms with Crippen molar-refractivity contribution >= 4 is 17.5 Å². The van der Waals surface area contributed by atoms with E-state index < -0.39 is 5.38 Å². The predicted molar refractivity (Wildman–Crippen MR) is 54.9 cm³/mol. The van der Waals surface area contributed by atoms with Crippen molar-refractivity contribution in [1.82, 2.24) is 5.32 Å². The predicted octanol–water partition coefficient (Wildman–Crippen LogP) is 2.23. The quantitative estimate of drug-likeness (QED) is 0.549. The Morgan fingerprint density at radius 2 is 2.54 bits per heavy atom. The van der Waals surface area contributed by atoms with Crippen LogP contribution in [0, 0.1) is 0 Å². The molecule has 0 aromatic carbocycles. The van der Waals surface area contributed by atoms with Crippen molar-refractivity contribution in [3.8, 4) is 0 Å². The van der Waals surface area contributed by atoms with E-state index in [-0.39, 0.29) is 5.91 Å². The summed E-state index contributed by atoms with van der Waals surface area (Å²) < 4.78 is 0. The third-order valence-electron chi connectivity index (χ3n) is 2.24. The maximum absolute atomic E-state index is 11.1. The lowest BCUT2D eigenvalue weighted by atomic mass is 10.2. The Kier molecular flexibility index (Phi) is 4.29. The summed E-state index contributed by atoms with van der Waals surface area (Å²) in [6.07, 6.45) is 6.93. The van der Waals surface area contributed by atoms with E-state index in [9.17, 15) is 4.79 Å². The zero-order valence-corrected chi connectivity index (χ0v) is 8.73. The number of halogens is 1. The lowest BCUT2D eigenvalue weighted by Gasteiger charge is -2.06. The maximum Gasteiger partial charge on any atom is 0.237 e. The van der Waals surface area contributed by atoms with E-state index in [0.29, 0.717) is 0 Å². The number of rotatable bonds is 4. The molecule has 0 bridgehead atoms. The molecule has 0 saturated carbocycles. The van der Waals surface area contributed by atoms with Gasteiger partial charge < -0.3 is 5.32 Å². The van der Waals surface area contributed by atoms with Gasteiger partial charge >= 0.3 is 0 Å². The Bertz CT molecular complexity index is 211. The van der Waals surface area contributed by atoms with Crippen LogP contribution in [0.2, 0.25) is 0 Å². The molecule has 0 radical (unpaired) electrons. The number of hydrogen-bond acceptors (Lipinski definition) is 1. The van der Waals surface area contributed by atoms with Crippen LogP contribution in [-0.4, -0.2) is 17.8 Å². The Morgan fingerprint density at radius 3 is 3.08 bits per heavy atom. The monoisotopic (exact) mass is 201 g/mol. The maximum atomic E-state index is 11.1. The Balaban J connectivity index is 2.10. The summed E-state index contributed by atoms with van der Waals surface area (Å²) in [6.45, 7) is 2.41. The molecular formula is C10H16ClNO. The Labute approximate surface area is 84.3 Å². The minimum atomic E-state index is -0.419. The fourth-order valence-electron chi connectivity index (χ4n) is 1.45. The van der Waals surface area contributed by atoms with E-state index in [2.05, 4.69) is 11.4 Å². The molecule has 1 atom stereocenters. The van der Waals surface area contributed by atoms with Crippen molar-refractivity contribution in [2.75, 3.05) is 6.54 Å². The second kappa shape index (κ2) is 5.28. The van der Waals surface area contributed by atoms with Gasteiger partial charge in [0, 0.05) is 6.54 Å². The summed E-state index contributed by atoms with van der Waals surface area (Å²) in [4.78, 5) is 11.1. The summed E-state index contributed by atoms with van der Waals surface area (Å²) in [6, 6.07) is 0. The number of hydrogen-bond donors (Lipinski definition) is 1. The van der Waals surface area contributed by atoms with Crippen molar-refractivity contribution < 1.29 is 4.79 Å². The number of allylic oxidation sites excluding steroid dienone is 1. The molecule has 3 heteroatoms. The first-order valence-corrected chi connectivity index (χ1v) is 5.23. The highest BCUT2D eigenvalue weighted by atomic mass is 35.5. The number of amides is 1. The number of alkyl halides is 1. The van der Waals surface area contributed by atoms with E-state index in [0.717, 1.165) is 13.0 Å². The summed E-state index contributed by atoms with van der Waals surface area (Å²) in [5.74, 6) is -0.0692. The first-order chi connectivity index (χ1) is 6.20. The van der Waals surface area contributed by atoms with Crippen molar-refractivity contribution in [3.05, 3.63) is 11.6 Å². The van der Waals surface area contributed by atoms with Gasteiger partial charge in [-0.15, -0.1) is 11.6 Å². The van der Waals surface area contributed by atoms with Crippen LogP contribution < -0.4 is 5.32 Å². The SMILES string of the molecule is CC(Cl)C(=O)NCCC1=CCCC1. The molecule has 74 valence electrons. The fraction of sp³-hybridized carbons (Fsp3) is 0.700. The van der Waals surface area contributed by atoms with Crippen LogP contribution >= 0.6 is 11.6 Å².